The van der Waals surface area contributed by atoms with Gasteiger partial charge in [0.2, 0.25) is 10.0 Å². The van der Waals surface area contributed by atoms with Crippen LogP contribution in [-0.2, 0) is 14.8 Å². The van der Waals surface area contributed by atoms with Gasteiger partial charge in [0.05, 0.1) is 10.5 Å². The summed E-state index contributed by atoms with van der Waals surface area (Å²) >= 11 is 0. The number of rotatable bonds is 12. The molecule has 0 saturated carbocycles. The molecule has 1 unspecified atom stereocenters. The second-order valence-electron chi connectivity index (χ2n) is 5.80. The van der Waals surface area contributed by atoms with Crippen LogP contribution >= 0.6 is 0 Å². The summed E-state index contributed by atoms with van der Waals surface area (Å²) in [6.07, 6.45) is 2.29. The zero-order valence-electron chi connectivity index (χ0n) is 15.0. The van der Waals surface area contributed by atoms with E-state index in [0.29, 0.717) is 31.9 Å². The van der Waals surface area contributed by atoms with Gasteiger partial charge in [-0.25, -0.2) is 17.9 Å². The van der Waals surface area contributed by atoms with Crippen LogP contribution in [0.3, 0.4) is 0 Å². The highest BCUT2D eigenvalue weighted by Crippen LogP contribution is 2.21. The third-order valence-corrected chi connectivity index (χ3v) is 5.18. The maximum absolute atomic E-state index is 12.4. The molecule has 0 heterocycles. The van der Waals surface area contributed by atoms with Gasteiger partial charge in [-0.1, -0.05) is 13.3 Å². The van der Waals surface area contributed by atoms with Crippen LogP contribution in [0.25, 0.3) is 0 Å². The first-order chi connectivity index (χ1) is 11.8. The molecular weight excluding hydrogens is 344 g/mol. The minimum absolute atomic E-state index is 0.0484. The summed E-state index contributed by atoms with van der Waals surface area (Å²) in [7, 11) is -3.75. The van der Waals surface area contributed by atoms with Crippen LogP contribution in [0.2, 0.25) is 0 Å². The number of ether oxygens (including phenoxy) is 1. The predicted molar refractivity (Wildman–Crippen MR) is 97.7 cm³/mol. The summed E-state index contributed by atoms with van der Waals surface area (Å²) in [5.41, 5.74) is 0.326. The van der Waals surface area contributed by atoms with Gasteiger partial charge in [-0.2, -0.15) is 0 Å². The molecule has 0 aliphatic carbocycles. The van der Waals surface area contributed by atoms with E-state index in [2.05, 4.69) is 10.0 Å². The Hall–Kier alpha value is -1.64. The number of aromatic carboxylic acids is 1. The normalized spacial score (nSPS) is 12.8. The van der Waals surface area contributed by atoms with Gasteiger partial charge in [0.15, 0.2) is 0 Å². The monoisotopic (exact) mass is 372 g/mol. The quantitative estimate of drug-likeness (QED) is 0.487. The third-order valence-electron chi connectivity index (χ3n) is 3.59. The summed E-state index contributed by atoms with van der Waals surface area (Å²) in [4.78, 5) is 11.4. The van der Waals surface area contributed by atoms with Gasteiger partial charge in [0, 0.05) is 31.5 Å². The Balaban J connectivity index is 2.91. The Morgan fingerprint density at radius 1 is 1.32 bits per heavy atom. The van der Waals surface area contributed by atoms with Crippen molar-refractivity contribution in [3.63, 3.8) is 0 Å². The van der Waals surface area contributed by atoms with Crippen LogP contribution in [0.15, 0.2) is 23.1 Å². The van der Waals surface area contributed by atoms with E-state index in [4.69, 9.17) is 4.74 Å². The smallest absolute Gasteiger partial charge is 0.337 e. The first-order valence-electron chi connectivity index (χ1n) is 8.53. The number of sulfonamides is 1. The number of carboxylic acid groups (broad SMARTS) is 1. The van der Waals surface area contributed by atoms with Crippen LogP contribution in [0.4, 0.5) is 5.69 Å². The highest BCUT2D eigenvalue weighted by molar-refractivity contribution is 7.89. The Bertz CT molecular complexity index is 661. The molecule has 0 aliphatic rings. The predicted octanol–water partition coefficient (Wildman–Crippen LogP) is 2.69. The van der Waals surface area contributed by atoms with Crippen molar-refractivity contribution in [2.45, 2.75) is 51.0 Å². The summed E-state index contributed by atoms with van der Waals surface area (Å²) < 4.78 is 32.6. The molecule has 25 heavy (non-hydrogen) atoms. The number of anilines is 1. The van der Waals surface area contributed by atoms with Crippen LogP contribution < -0.4 is 10.0 Å². The van der Waals surface area contributed by atoms with Crippen molar-refractivity contribution in [2.75, 3.05) is 25.1 Å². The van der Waals surface area contributed by atoms with Crippen molar-refractivity contribution in [3.8, 4) is 0 Å². The number of nitrogens with one attached hydrogen (secondary N) is 2. The molecule has 0 radical (unpaired) electrons. The zero-order chi connectivity index (χ0) is 18.9. The standard InChI is InChI=1S/C17H28N2O5S/c1-4-7-13(3)19-25(22,23)14-8-9-16(15(12-14)17(20)21)18-10-6-11-24-5-2/h8-9,12-13,18-19H,4-7,10-11H2,1-3H3,(H,20,21). The first kappa shape index (κ1) is 21.4. The fourth-order valence-electron chi connectivity index (χ4n) is 2.39. The van der Waals surface area contributed by atoms with Crippen molar-refractivity contribution >= 4 is 21.7 Å². The van der Waals surface area contributed by atoms with Gasteiger partial charge in [-0.05, 0) is 44.9 Å². The van der Waals surface area contributed by atoms with Gasteiger partial charge in [0.1, 0.15) is 0 Å². The Kier molecular flexibility index (Phi) is 8.88. The maximum atomic E-state index is 12.4. The molecule has 7 nitrogen and oxygen atoms in total. The highest BCUT2D eigenvalue weighted by Gasteiger charge is 2.20. The second kappa shape index (κ2) is 10.4. The minimum Gasteiger partial charge on any atom is -0.478 e. The number of carbonyl (C=O) groups is 1. The molecule has 0 amide bonds. The van der Waals surface area contributed by atoms with Crippen LogP contribution in [0, 0.1) is 0 Å². The van der Waals surface area contributed by atoms with Crippen molar-refractivity contribution in [1.82, 2.24) is 4.72 Å². The lowest BCUT2D eigenvalue weighted by atomic mass is 10.2. The summed E-state index contributed by atoms with van der Waals surface area (Å²) in [5.74, 6) is -1.18. The van der Waals surface area contributed by atoms with E-state index in [0.717, 1.165) is 12.8 Å². The topological polar surface area (TPSA) is 105 Å². The molecule has 8 heteroatoms. The van der Waals surface area contributed by atoms with E-state index in [1.165, 1.54) is 18.2 Å². The van der Waals surface area contributed by atoms with Crippen LogP contribution in [-0.4, -0.2) is 45.3 Å². The van der Waals surface area contributed by atoms with E-state index in [1.807, 2.05) is 13.8 Å². The SMILES string of the molecule is CCCC(C)NS(=O)(=O)c1ccc(NCCCOCC)c(C(=O)O)c1. The molecule has 0 spiro atoms. The molecule has 1 aromatic rings. The van der Waals surface area contributed by atoms with Gasteiger partial charge in [-0.3, -0.25) is 0 Å². The molecule has 0 saturated heterocycles. The lowest BCUT2D eigenvalue weighted by Crippen LogP contribution is -2.32. The molecule has 0 bridgehead atoms. The number of carboxylic acids is 1. The summed E-state index contributed by atoms with van der Waals surface area (Å²) in [6.45, 7) is 7.42. The Morgan fingerprint density at radius 2 is 2.04 bits per heavy atom. The highest BCUT2D eigenvalue weighted by atomic mass is 32.2. The third kappa shape index (κ3) is 7.01. The number of hydrogen-bond donors (Lipinski definition) is 3. The second-order valence-corrected chi connectivity index (χ2v) is 7.51. The Morgan fingerprint density at radius 3 is 2.64 bits per heavy atom. The molecule has 1 rings (SSSR count). The van der Waals surface area contributed by atoms with E-state index in [1.54, 1.807) is 6.92 Å². The average Bonchev–Trinajstić information content (AvgIpc) is 2.54. The fraction of sp³-hybridized carbons (Fsp3) is 0.588. The van der Waals surface area contributed by atoms with E-state index < -0.39 is 16.0 Å². The average molecular weight is 372 g/mol. The lowest BCUT2D eigenvalue weighted by Gasteiger charge is -2.15. The molecule has 3 N–H and O–H groups in total. The van der Waals surface area contributed by atoms with Crippen LogP contribution in [0.5, 0.6) is 0 Å². The number of benzene rings is 1. The van der Waals surface area contributed by atoms with E-state index in [9.17, 15) is 18.3 Å². The van der Waals surface area contributed by atoms with Crippen molar-refractivity contribution in [3.05, 3.63) is 23.8 Å². The molecule has 0 fully saturated rings. The van der Waals surface area contributed by atoms with Gasteiger partial charge in [-0.15, -0.1) is 0 Å². The molecule has 0 aromatic heterocycles. The maximum Gasteiger partial charge on any atom is 0.337 e. The van der Waals surface area contributed by atoms with E-state index >= 15 is 0 Å². The van der Waals surface area contributed by atoms with E-state index in [-0.39, 0.29) is 16.5 Å². The molecule has 1 aromatic carbocycles. The number of hydrogen-bond acceptors (Lipinski definition) is 5. The zero-order valence-corrected chi connectivity index (χ0v) is 15.9. The van der Waals surface area contributed by atoms with Crippen LogP contribution in [0.1, 0.15) is 50.4 Å². The van der Waals surface area contributed by atoms with Crippen molar-refractivity contribution < 1.29 is 23.1 Å². The van der Waals surface area contributed by atoms with Gasteiger partial charge in [0.25, 0.3) is 0 Å². The first-order valence-corrected chi connectivity index (χ1v) is 10.0. The lowest BCUT2D eigenvalue weighted by molar-refractivity contribution is 0.0697. The Labute approximate surface area is 149 Å². The largest absolute Gasteiger partial charge is 0.478 e. The van der Waals surface area contributed by atoms with Crippen molar-refractivity contribution in [2.24, 2.45) is 0 Å². The molecule has 0 aliphatic heterocycles. The minimum atomic E-state index is -3.75. The molecule has 1 atom stereocenters. The molecule has 142 valence electrons. The van der Waals surface area contributed by atoms with Gasteiger partial charge >= 0.3 is 5.97 Å². The van der Waals surface area contributed by atoms with Gasteiger partial charge < -0.3 is 15.2 Å². The molecular formula is C17H28N2O5S. The summed E-state index contributed by atoms with van der Waals surface area (Å²) in [6, 6.07) is 3.88. The fourth-order valence-corrected chi connectivity index (χ4v) is 3.69. The van der Waals surface area contributed by atoms with Crippen molar-refractivity contribution in [1.29, 1.82) is 0 Å². The summed E-state index contributed by atoms with van der Waals surface area (Å²) in [5, 5.41) is 12.4.